The Morgan fingerprint density at radius 1 is 1.27 bits per heavy atom. The molecule has 1 aliphatic rings. The molecule has 1 aromatic heterocycles. The van der Waals surface area contributed by atoms with Crippen molar-refractivity contribution in [2.75, 3.05) is 13.1 Å². The molecule has 1 N–H and O–H groups in total. The monoisotopic (exact) mass is 297 g/mol. The summed E-state index contributed by atoms with van der Waals surface area (Å²) in [6.07, 6.45) is 7.11. The van der Waals surface area contributed by atoms with Gasteiger partial charge in [-0.25, -0.2) is 4.98 Å². The summed E-state index contributed by atoms with van der Waals surface area (Å²) in [7, 11) is 0. The van der Waals surface area contributed by atoms with E-state index in [-0.39, 0.29) is 5.91 Å². The van der Waals surface area contributed by atoms with E-state index in [1.54, 1.807) is 6.20 Å². The van der Waals surface area contributed by atoms with Crippen LogP contribution in [0.2, 0.25) is 0 Å². The van der Waals surface area contributed by atoms with Crippen LogP contribution in [0.25, 0.3) is 0 Å². The van der Waals surface area contributed by atoms with Gasteiger partial charge in [-0.1, -0.05) is 29.8 Å². The van der Waals surface area contributed by atoms with Gasteiger partial charge in [0.15, 0.2) is 0 Å². The predicted octanol–water partition coefficient (Wildman–Crippen LogP) is 3.06. The third-order valence-electron chi connectivity index (χ3n) is 4.50. The zero-order valence-corrected chi connectivity index (χ0v) is 13.1. The van der Waals surface area contributed by atoms with Gasteiger partial charge in [-0.15, -0.1) is 0 Å². The standard InChI is InChI=1S/C18H23N3O/c1-14-2-4-15(5-3-14)6-7-17(22)21-12-8-16(9-13-21)18-19-10-11-20-18/h2-5,10-11,16H,6-9,12-13H2,1H3,(H,19,20). The van der Waals surface area contributed by atoms with Crippen LogP contribution in [-0.2, 0) is 11.2 Å². The number of piperidine rings is 1. The van der Waals surface area contributed by atoms with Gasteiger partial charge < -0.3 is 9.88 Å². The van der Waals surface area contributed by atoms with E-state index in [1.807, 2.05) is 11.1 Å². The van der Waals surface area contributed by atoms with Crippen molar-refractivity contribution < 1.29 is 4.79 Å². The molecule has 22 heavy (non-hydrogen) atoms. The molecule has 2 heterocycles. The third-order valence-corrected chi connectivity index (χ3v) is 4.50. The number of hydrogen-bond donors (Lipinski definition) is 1. The molecule has 1 fully saturated rings. The van der Waals surface area contributed by atoms with Crippen LogP contribution in [0.15, 0.2) is 36.7 Å². The van der Waals surface area contributed by atoms with Crippen molar-refractivity contribution in [2.45, 2.75) is 38.5 Å². The van der Waals surface area contributed by atoms with Crippen molar-refractivity contribution in [3.63, 3.8) is 0 Å². The number of H-pyrrole nitrogens is 1. The number of likely N-dealkylation sites (tertiary alicyclic amines) is 1. The first-order valence-corrected chi connectivity index (χ1v) is 8.05. The Kier molecular flexibility index (Phi) is 4.56. The number of benzene rings is 1. The third kappa shape index (κ3) is 3.56. The zero-order chi connectivity index (χ0) is 15.4. The van der Waals surface area contributed by atoms with Crippen molar-refractivity contribution >= 4 is 5.91 Å². The minimum atomic E-state index is 0.276. The highest BCUT2D eigenvalue weighted by Crippen LogP contribution is 2.25. The first-order valence-electron chi connectivity index (χ1n) is 8.05. The van der Waals surface area contributed by atoms with Crippen molar-refractivity contribution in [3.8, 4) is 0 Å². The Bertz CT molecular complexity index is 596. The maximum Gasteiger partial charge on any atom is 0.222 e. The fraction of sp³-hybridized carbons (Fsp3) is 0.444. The van der Waals surface area contributed by atoms with E-state index in [1.165, 1.54) is 11.1 Å². The molecule has 0 spiro atoms. The van der Waals surface area contributed by atoms with E-state index in [0.29, 0.717) is 12.3 Å². The lowest BCUT2D eigenvalue weighted by atomic mass is 9.95. The summed E-state index contributed by atoms with van der Waals surface area (Å²) in [6.45, 7) is 3.77. The summed E-state index contributed by atoms with van der Waals surface area (Å²) in [5, 5.41) is 0. The number of imidazole rings is 1. The van der Waals surface area contributed by atoms with Gasteiger partial charge in [-0.05, 0) is 31.7 Å². The van der Waals surface area contributed by atoms with E-state index in [9.17, 15) is 4.79 Å². The van der Waals surface area contributed by atoms with Crippen molar-refractivity contribution in [3.05, 3.63) is 53.6 Å². The van der Waals surface area contributed by atoms with Gasteiger partial charge in [0, 0.05) is 37.8 Å². The highest BCUT2D eigenvalue weighted by Gasteiger charge is 2.24. The number of carbonyl (C=O) groups is 1. The minimum Gasteiger partial charge on any atom is -0.348 e. The van der Waals surface area contributed by atoms with Gasteiger partial charge >= 0.3 is 0 Å². The largest absolute Gasteiger partial charge is 0.348 e. The molecular formula is C18H23N3O. The highest BCUT2D eigenvalue weighted by molar-refractivity contribution is 5.76. The molecule has 116 valence electrons. The maximum absolute atomic E-state index is 12.3. The van der Waals surface area contributed by atoms with Crippen LogP contribution in [-0.4, -0.2) is 33.9 Å². The molecule has 1 aromatic carbocycles. The quantitative estimate of drug-likeness (QED) is 0.943. The second-order valence-corrected chi connectivity index (χ2v) is 6.12. The van der Waals surface area contributed by atoms with Crippen LogP contribution >= 0.6 is 0 Å². The molecule has 0 aliphatic carbocycles. The van der Waals surface area contributed by atoms with Crippen LogP contribution in [0.4, 0.5) is 0 Å². The first-order chi connectivity index (χ1) is 10.7. The van der Waals surface area contributed by atoms with Gasteiger partial charge in [0.05, 0.1) is 0 Å². The predicted molar refractivity (Wildman–Crippen MR) is 86.6 cm³/mol. The fourth-order valence-electron chi connectivity index (χ4n) is 3.07. The van der Waals surface area contributed by atoms with E-state index < -0.39 is 0 Å². The maximum atomic E-state index is 12.3. The molecule has 3 rings (SSSR count). The normalized spacial score (nSPS) is 16.0. The first kappa shape index (κ1) is 14.8. The summed E-state index contributed by atoms with van der Waals surface area (Å²) < 4.78 is 0. The molecule has 0 unspecified atom stereocenters. The molecule has 1 amide bonds. The van der Waals surface area contributed by atoms with Gasteiger partial charge in [0.25, 0.3) is 0 Å². The Balaban J connectivity index is 1.46. The molecule has 1 saturated heterocycles. The van der Waals surface area contributed by atoms with Crippen LogP contribution in [0.3, 0.4) is 0 Å². The molecule has 2 aromatic rings. The van der Waals surface area contributed by atoms with Gasteiger partial charge in [0.2, 0.25) is 5.91 Å². The van der Waals surface area contributed by atoms with Crippen LogP contribution in [0.5, 0.6) is 0 Å². The Morgan fingerprint density at radius 3 is 2.64 bits per heavy atom. The smallest absolute Gasteiger partial charge is 0.222 e. The molecular weight excluding hydrogens is 274 g/mol. The number of aromatic amines is 1. The number of hydrogen-bond acceptors (Lipinski definition) is 2. The summed E-state index contributed by atoms with van der Waals surface area (Å²) in [5.74, 6) is 1.81. The lowest BCUT2D eigenvalue weighted by Gasteiger charge is -2.31. The molecule has 0 radical (unpaired) electrons. The SMILES string of the molecule is Cc1ccc(CCC(=O)N2CCC(c3ncc[nH]3)CC2)cc1. The number of amides is 1. The van der Waals surface area contributed by atoms with Crippen molar-refractivity contribution in [1.29, 1.82) is 0 Å². The lowest BCUT2D eigenvalue weighted by Crippen LogP contribution is -2.38. The zero-order valence-electron chi connectivity index (χ0n) is 13.1. The van der Waals surface area contributed by atoms with Crippen LogP contribution in [0, 0.1) is 6.92 Å². The Hall–Kier alpha value is -2.10. The van der Waals surface area contributed by atoms with Gasteiger partial charge in [0.1, 0.15) is 5.82 Å². The van der Waals surface area contributed by atoms with E-state index in [4.69, 9.17) is 0 Å². The second-order valence-electron chi connectivity index (χ2n) is 6.12. The molecule has 0 atom stereocenters. The summed E-state index contributed by atoms with van der Waals surface area (Å²) in [4.78, 5) is 21.9. The van der Waals surface area contributed by atoms with E-state index >= 15 is 0 Å². The summed E-state index contributed by atoms with van der Waals surface area (Å²) in [5.41, 5.74) is 2.50. The summed E-state index contributed by atoms with van der Waals surface area (Å²) >= 11 is 0. The Morgan fingerprint density at radius 2 is 2.00 bits per heavy atom. The van der Waals surface area contributed by atoms with Crippen LogP contribution < -0.4 is 0 Å². The number of carbonyl (C=O) groups excluding carboxylic acids is 1. The molecule has 4 nitrogen and oxygen atoms in total. The molecule has 1 aliphatic heterocycles. The highest BCUT2D eigenvalue weighted by atomic mass is 16.2. The van der Waals surface area contributed by atoms with Gasteiger partial charge in [-0.3, -0.25) is 4.79 Å². The Labute approximate surface area is 131 Å². The number of nitrogens with zero attached hydrogens (tertiary/aromatic N) is 2. The molecule has 4 heteroatoms. The number of aromatic nitrogens is 2. The van der Waals surface area contributed by atoms with E-state index in [2.05, 4.69) is 41.2 Å². The topological polar surface area (TPSA) is 49.0 Å². The summed E-state index contributed by atoms with van der Waals surface area (Å²) in [6, 6.07) is 8.45. The van der Waals surface area contributed by atoms with Gasteiger partial charge in [-0.2, -0.15) is 0 Å². The second kappa shape index (κ2) is 6.77. The average Bonchev–Trinajstić information content (AvgIpc) is 3.09. The van der Waals surface area contributed by atoms with E-state index in [0.717, 1.165) is 38.2 Å². The van der Waals surface area contributed by atoms with Crippen molar-refractivity contribution in [1.82, 2.24) is 14.9 Å². The number of aryl methyl sites for hydroxylation is 2. The minimum absolute atomic E-state index is 0.276. The number of nitrogens with one attached hydrogen (secondary N) is 1. The van der Waals surface area contributed by atoms with Crippen molar-refractivity contribution in [2.24, 2.45) is 0 Å². The molecule has 0 bridgehead atoms. The van der Waals surface area contributed by atoms with Crippen LogP contribution in [0.1, 0.15) is 42.1 Å². The fourth-order valence-corrected chi connectivity index (χ4v) is 3.07. The molecule has 0 saturated carbocycles. The average molecular weight is 297 g/mol. The number of rotatable bonds is 4. The lowest BCUT2D eigenvalue weighted by molar-refractivity contribution is -0.132.